The lowest BCUT2D eigenvalue weighted by Gasteiger charge is -2.33. The summed E-state index contributed by atoms with van der Waals surface area (Å²) in [5.41, 5.74) is 0.731. The van der Waals surface area contributed by atoms with Crippen molar-refractivity contribution in [2.24, 2.45) is 0 Å². The lowest BCUT2D eigenvalue weighted by molar-refractivity contribution is 0.114. The monoisotopic (exact) mass is 296 g/mol. The molecule has 3 nitrogen and oxygen atoms in total. The van der Waals surface area contributed by atoms with Crippen molar-refractivity contribution in [3.63, 3.8) is 0 Å². The molecule has 1 unspecified atom stereocenters. The normalized spacial score (nSPS) is 14.2. The Morgan fingerprint density at radius 3 is 2.29 bits per heavy atom. The molecule has 21 heavy (non-hydrogen) atoms. The SMILES string of the molecule is C[Si](C)(C)OC(C#N)(Cc1ccccc1)c1ccccn1. The van der Waals surface area contributed by atoms with Gasteiger partial charge < -0.3 is 4.43 Å². The van der Waals surface area contributed by atoms with Gasteiger partial charge in [0, 0.05) is 12.6 Å². The van der Waals surface area contributed by atoms with Gasteiger partial charge in [0.05, 0.1) is 5.69 Å². The van der Waals surface area contributed by atoms with Crippen LogP contribution in [-0.2, 0) is 16.4 Å². The van der Waals surface area contributed by atoms with Crippen LogP contribution in [0.5, 0.6) is 0 Å². The molecule has 1 atom stereocenters. The fourth-order valence-electron chi connectivity index (χ4n) is 2.31. The molecule has 108 valence electrons. The van der Waals surface area contributed by atoms with E-state index < -0.39 is 13.9 Å². The molecular formula is C17H20N2OSi. The van der Waals surface area contributed by atoms with Gasteiger partial charge in [-0.15, -0.1) is 0 Å². The maximum atomic E-state index is 9.86. The van der Waals surface area contributed by atoms with Crippen LogP contribution < -0.4 is 0 Å². The maximum Gasteiger partial charge on any atom is 0.191 e. The molecule has 1 aromatic carbocycles. The number of nitriles is 1. The summed E-state index contributed by atoms with van der Waals surface area (Å²) in [7, 11) is -1.91. The van der Waals surface area contributed by atoms with E-state index in [-0.39, 0.29) is 0 Å². The fourth-order valence-corrected chi connectivity index (χ4v) is 3.57. The van der Waals surface area contributed by atoms with Crippen molar-refractivity contribution in [3.8, 4) is 6.07 Å². The smallest absolute Gasteiger partial charge is 0.191 e. The second-order valence-corrected chi connectivity index (χ2v) is 10.5. The highest BCUT2D eigenvalue weighted by Gasteiger charge is 2.39. The first kappa shape index (κ1) is 15.4. The molecular weight excluding hydrogens is 276 g/mol. The second kappa shape index (κ2) is 6.21. The van der Waals surface area contributed by atoms with E-state index >= 15 is 0 Å². The summed E-state index contributed by atoms with van der Waals surface area (Å²) in [5, 5.41) is 9.86. The molecule has 0 aliphatic carbocycles. The molecule has 1 heterocycles. The van der Waals surface area contributed by atoms with Crippen LogP contribution in [0.3, 0.4) is 0 Å². The third-order valence-electron chi connectivity index (χ3n) is 3.04. The minimum absolute atomic E-state index is 0.506. The van der Waals surface area contributed by atoms with Gasteiger partial charge in [-0.1, -0.05) is 36.4 Å². The lowest BCUT2D eigenvalue weighted by atomic mass is 9.92. The minimum atomic E-state index is -1.91. The van der Waals surface area contributed by atoms with Crippen molar-refractivity contribution < 1.29 is 4.43 Å². The minimum Gasteiger partial charge on any atom is -0.395 e. The second-order valence-electron chi connectivity index (χ2n) is 6.03. The van der Waals surface area contributed by atoms with E-state index in [1.54, 1.807) is 6.20 Å². The Labute approximate surface area is 127 Å². The topological polar surface area (TPSA) is 45.9 Å². The summed E-state index contributed by atoms with van der Waals surface area (Å²) in [5.74, 6) is 0. The fraction of sp³-hybridized carbons (Fsp3) is 0.294. The third-order valence-corrected chi connectivity index (χ3v) is 4.00. The van der Waals surface area contributed by atoms with Gasteiger partial charge in [-0.25, -0.2) is 0 Å². The van der Waals surface area contributed by atoms with E-state index in [4.69, 9.17) is 4.43 Å². The van der Waals surface area contributed by atoms with Crippen molar-refractivity contribution >= 4 is 8.32 Å². The Balaban J connectivity index is 2.45. The molecule has 0 fully saturated rings. The van der Waals surface area contributed by atoms with Crippen LogP contribution >= 0.6 is 0 Å². The molecule has 0 saturated heterocycles. The van der Waals surface area contributed by atoms with Crippen molar-refractivity contribution in [1.29, 1.82) is 5.26 Å². The third kappa shape index (κ3) is 4.00. The highest BCUT2D eigenvalue weighted by Crippen LogP contribution is 2.31. The number of hydrogen-bond donors (Lipinski definition) is 0. The predicted molar refractivity (Wildman–Crippen MR) is 86.1 cm³/mol. The van der Waals surface area contributed by atoms with Crippen LogP contribution in [0.25, 0.3) is 0 Å². The Hall–Kier alpha value is -1.96. The number of nitrogens with zero attached hydrogens (tertiary/aromatic N) is 2. The van der Waals surface area contributed by atoms with E-state index in [2.05, 4.69) is 30.7 Å². The van der Waals surface area contributed by atoms with Gasteiger partial charge >= 0.3 is 0 Å². The average molecular weight is 296 g/mol. The zero-order valence-corrected chi connectivity index (χ0v) is 13.7. The summed E-state index contributed by atoms with van der Waals surface area (Å²) >= 11 is 0. The maximum absolute atomic E-state index is 9.86. The first-order valence-corrected chi connectivity index (χ1v) is 10.4. The molecule has 2 aromatic rings. The Morgan fingerprint density at radius 1 is 1.10 bits per heavy atom. The van der Waals surface area contributed by atoms with Crippen LogP contribution in [0, 0.1) is 11.3 Å². The van der Waals surface area contributed by atoms with Crippen molar-refractivity contribution in [2.75, 3.05) is 0 Å². The summed E-state index contributed by atoms with van der Waals surface area (Å²) in [6.07, 6.45) is 2.21. The van der Waals surface area contributed by atoms with E-state index in [1.165, 1.54) is 0 Å². The van der Waals surface area contributed by atoms with Crippen LogP contribution in [0.1, 0.15) is 11.3 Å². The van der Waals surface area contributed by atoms with Crippen LogP contribution in [-0.4, -0.2) is 13.3 Å². The highest BCUT2D eigenvalue weighted by molar-refractivity contribution is 6.69. The van der Waals surface area contributed by atoms with E-state index in [1.807, 2.05) is 48.5 Å². The molecule has 1 aromatic heterocycles. The number of rotatable bonds is 5. The first-order valence-electron chi connectivity index (χ1n) is 7.02. The number of hydrogen-bond acceptors (Lipinski definition) is 3. The highest BCUT2D eigenvalue weighted by atomic mass is 28.4. The largest absolute Gasteiger partial charge is 0.395 e. The molecule has 4 heteroatoms. The standard InChI is InChI=1S/C17H20N2OSi/c1-21(2,3)20-17(14-18,16-11-7-8-12-19-16)13-15-9-5-4-6-10-15/h4-12H,13H2,1-3H3. The van der Waals surface area contributed by atoms with Gasteiger partial charge in [0.25, 0.3) is 0 Å². The molecule has 0 amide bonds. The van der Waals surface area contributed by atoms with Crippen molar-refractivity contribution in [2.45, 2.75) is 31.7 Å². The molecule has 0 N–H and O–H groups in total. The Bertz CT molecular complexity index is 617. The zero-order valence-electron chi connectivity index (χ0n) is 12.7. The summed E-state index contributed by atoms with van der Waals surface area (Å²) in [6.45, 7) is 6.27. The van der Waals surface area contributed by atoms with Gasteiger partial charge in [0.15, 0.2) is 13.9 Å². The average Bonchev–Trinajstić information content (AvgIpc) is 2.47. The van der Waals surface area contributed by atoms with Gasteiger partial charge in [-0.2, -0.15) is 5.26 Å². The Morgan fingerprint density at radius 2 is 1.76 bits per heavy atom. The number of pyridine rings is 1. The molecule has 0 aliphatic heterocycles. The lowest BCUT2D eigenvalue weighted by Crippen LogP contribution is -2.42. The summed E-state index contributed by atoms with van der Waals surface area (Å²) in [4.78, 5) is 4.38. The van der Waals surface area contributed by atoms with Crippen LogP contribution in [0.4, 0.5) is 0 Å². The van der Waals surface area contributed by atoms with Gasteiger partial charge in [0.2, 0.25) is 0 Å². The van der Waals surface area contributed by atoms with Gasteiger partial charge in [-0.3, -0.25) is 4.98 Å². The number of benzene rings is 1. The summed E-state index contributed by atoms with van der Waals surface area (Å²) < 4.78 is 6.28. The molecule has 0 saturated carbocycles. The molecule has 0 aliphatic rings. The van der Waals surface area contributed by atoms with Crippen LogP contribution in [0.2, 0.25) is 19.6 Å². The van der Waals surface area contributed by atoms with E-state index in [0.717, 1.165) is 5.56 Å². The summed E-state index contributed by atoms with van der Waals surface area (Å²) in [6, 6.07) is 18.0. The number of aromatic nitrogens is 1. The predicted octanol–water partition coefficient (Wildman–Crippen LogP) is 3.89. The van der Waals surface area contributed by atoms with Gasteiger partial charge in [0.1, 0.15) is 6.07 Å². The quantitative estimate of drug-likeness (QED) is 0.786. The van der Waals surface area contributed by atoms with Crippen molar-refractivity contribution in [1.82, 2.24) is 4.98 Å². The van der Waals surface area contributed by atoms with Crippen LogP contribution in [0.15, 0.2) is 54.7 Å². The zero-order chi connectivity index (χ0) is 15.3. The van der Waals surface area contributed by atoms with Gasteiger partial charge in [-0.05, 0) is 37.3 Å². The molecule has 2 rings (SSSR count). The van der Waals surface area contributed by atoms with E-state index in [0.29, 0.717) is 12.1 Å². The molecule has 0 spiro atoms. The first-order chi connectivity index (χ1) is 9.95. The molecule has 0 radical (unpaired) electrons. The Kier molecular flexibility index (Phi) is 4.56. The van der Waals surface area contributed by atoms with E-state index in [9.17, 15) is 5.26 Å². The van der Waals surface area contributed by atoms with Crippen molar-refractivity contribution in [3.05, 3.63) is 66.0 Å². The molecule has 0 bridgehead atoms.